The van der Waals surface area contributed by atoms with Crippen LogP contribution in [-0.4, -0.2) is 22.2 Å². The van der Waals surface area contributed by atoms with Crippen LogP contribution in [-0.2, 0) is 6.42 Å². The average molecular weight is 240 g/mol. The van der Waals surface area contributed by atoms with Crippen LogP contribution in [0.2, 0.25) is 0 Å². The maximum absolute atomic E-state index is 4.65. The number of hydrogen-bond donors (Lipinski definition) is 1. The summed E-state index contributed by atoms with van der Waals surface area (Å²) in [7, 11) is 0. The Labute approximate surface area is 106 Å². The van der Waals surface area contributed by atoms with Crippen LogP contribution in [0.25, 0.3) is 0 Å². The van der Waals surface area contributed by atoms with Crippen LogP contribution in [0.5, 0.6) is 0 Å². The normalized spacial score (nSPS) is 14.9. The molecule has 0 spiro atoms. The Balaban J connectivity index is 1.73. The maximum atomic E-state index is 4.65. The van der Waals surface area contributed by atoms with E-state index in [1.54, 1.807) is 6.20 Å². The summed E-state index contributed by atoms with van der Waals surface area (Å²) in [5.41, 5.74) is 3.62. The second kappa shape index (κ2) is 4.64. The third-order valence-corrected chi connectivity index (χ3v) is 3.13. The SMILES string of the molecule is Cc1ccc(N2CCC(Cc3ncc[nH]3)=N2)cc1. The van der Waals surface area contributed by atoms with Crippen molar-refractivity contribution in [3.05, 3.63) is 48.0 Å². The lowest BCUT2D eigenvalue weighted by molar-refractivity contribution is 0.921. The van der Waals surface area contributed by atoms with Gasteiger partial charge in [0.2, 0.25) is 0 Å². The molecule has 0 fully saturated rings. The van der Waals surface area contributed by atoms with E-state index in [0.29, 0.717) is 0 Å². The first-order valence-electron chi connectivity index (χ1n) is 6.20. The summed E-state index contributed by atoms with van der Waals surface area (Å²) >= 11 is 0. The largest absolute Gasteiger partial charge is 0.348 e. The maximum Gasteiger partial charge on any atom is 0.111 e. The number of nitrogens with one attached hydrogen (secondary N) is 1. The van der Waals surface area contributed by atoms with Crippen LogP contribution in [0.15, 0.2) is 41.8 Å². The molecular formula is C14H16N4. The summed E-state index contributed by atoms with van der Waals surface area (Å²) in [6.07, 6.45) is 5.45. The fourth-order valence-corrected chi connectivity index (χ4v) is 2.12. The van der Waals surface area contributed by atoms with Crippen molar-refractivity contribution in [2.75, 3.05) is 11.6 Å². The Morgan fingerprint density at radius 3 is 2.83 bits per heavy atom. The van der Waals surface area contributed by atoms with Crippen molar-refractivity contribution in [2.45, 2.75) is 19.8 Å². The summed E-state index contributed by atoms with van der Waals surface area (Å²) in [6.45, 7) is 3.05. The number of benzene rings is 1. The van der Waals surface area contributed by atoms with Crippen molar-refractivity contribution in [1.29, 1.82) is 0 Å². The molecule has 18 heavy (non-hydrogen) atoms. The Morgan fingerprint density at radius 2 is 2.11 bits per heavy atom. The van der Waals surface area contributed by atoms with Crippen molar-refractivity contribution in [1.82, 2.24) is 9.97 Å². The molecule has 0 amide bonds. The highest BCUT2D eigenvalue weighted by molar-refractivity contribution is 5.89. The molecule has 3 rings (SSSR count). The van der Waals surface area contributed by atoms with E-state index in [1.165, 1.54) is 11.3 Å². The monoisotopic (exact) mass is 240 g/mol. The molecule has 1 aliphatic heterocycles. The topological polar surface area (TPSA) is 44.3 Å². The van der Waals surface area contributed by atoms with Crippen LogP contribution in [0.3, 0.4) is 0 Å². The summed E-state index contributed by atoms with van der Waals surface area (Å²) in [4.78, 5) is 7.35. The number of imidazole rings is 1. The van der Waals surface area contributed by atoms with Gasteiger partial charge in [0.25, 0.3) is 0 Å². The Bertz CT molecular complexity index is 540. The lowest BCUT2D eigenvalue weighted by atomic mass is 10.2. The van der Waals surface area contributed by atoms with Crippen LogP contribution in [0, 0.1) is 6.92 Å². The number of H-pyrrole nitrogens is 1. The third kappa shape index (κ3) is 2.27. The van der Waals surface area contributed by atoms with Gasteiger partial charge in [-0.25, -0.2) is 4.98 Å². The number of rotatable bonds is 3. The van der Waals surface area contributed by atoms with Crippen LogP contribution in [0.1, 0.15) is 17.8 Å². The zero-order chi connectivity index (χ0) is 12.4. The van der Waals surface area contributed by atoms with Crippen LogP contribution < -0.4 is 5.01 Å². The summed E-state index contributed by atoms with van der Waals surface area (Å²) in [5, 5.41) is 6.72. The van der Waals surface area contributed by atoms with Crippen molar-refractivity contribution in [3.63, 3.8) is 0 Å². The molecule has 2 aromatic rings. The predicted molar refractivity (Wildman–Crippen MR) is 72.9 cm³/mol. The summed E-state index contributed by atoms with van der Waals surface area (Å²) in [6, 6.07) is 8.48. The van der Waals surface area contributed by atoms with E-state index in [9.17, 15) is 0 Å². The van der Waals surface area contributed by atoms with Crippen molar-refractivity contribution in [2.24, 2.45) is 5.10 Å². The molecule has 0 unspecified atom stereocenters. The molecule has 0 bridgehead atoms. The minimum atomic E-state index is 0.815. The van der Waals surface area contributed by atoms with Gasteiger partial charge in [-0.15, -0.1) is 0 Å². The summed E-state index contributed by atoms with van der Waals surface area (Å²) < 4.78 is 0. The number of aryl methyl sites for hydroxylation is 1. The molecule has 1 aliphatic rings. The first kappa shape index (κ1) is 11.0. The van der Waals surface area contributed by atoms with Gasteiger partial charge in [-0.3, -0.25) is 5.01 Å². The van der Waals surface area contributed by atoms with E-state index in [0.717, 1.165) is 30.9 Å². The molecule has 1 N–H and O–H groups in total. The van der Waals surface area contributed by atoms with E-state index in [4.69, 9.17) is 0 Å². The quantitative estimate of drug-likeness (QED) is 0.896. The molecule has 2 heterocycles. The molecule has 0 radical (unpaired) electrons. The van der Waals surface area contributed by atoms with E-state index in [2.05, 4.69) is 51.3 Å². The molecule has 1 aromatic heterocycles. The van der Waals surface area contributed by atoms with Gasteiger partial charge in [0, 0.05) is 37.5 Å². The number of anilines is 1. The molecule has 4 heteroatoms. The highest BCUT2D eigenvalue weighted by Gasteiger charge is 2.16. The highest BCUT2D eigenvalue weighted by atomic mass is 15.5. The smallest absolute Gasteiger partial charge is 0.111 e. The van der Waals surface area contributed by atoms with Crippen LogP contribution in [0.4, 0.5) is 5.69 Å². The predicted octanol–water partition coefficient (Wildman–Crippen LogP) is 2.53. The Morgan fingerprint density at radius 1 is 1.28 bits per heavy atom. The number of aromatic amines is 1. The van der Waals surface area contributed by atoms with E-state index in [1.807, 2.05) is 6.20 Å². The minimum Gasteiger partial charge on any atom is -0.348 e. The van der Waals surface area contributed by atoms with Crippen molar-refractivity contribution >= 4 is 11.4 Å². The number of hydrogen-bond acceptors (Lipinski definition) is 3. The first-order chi connectivity index (χ1) is 8.81. The fourth-order valence-electron chi connectivity index (χ4n) is 2.12. The molecule has 4 nitrogen and oxygen atoms in total. The minimum absolute atomic E-state index is 0.815. The second-order valence-corrected chi connectivity index (χ2v) is 4.59. The van der Waals surface area contributed by atoms with E-state index < -0.39 is 0 Å². The number of hydrazone groups is 1. The van der Waals surface area contributed by atoms with Crippen LogP contribution >= 0.6 is 0 Å². The van der Waals surface area contributed by atoms with Crippen molar-refractivity contribution < 1.29 is 0 Å². The Kier molecular flexibility index (Phi) is 2.84. The fraction of sp³-hybridized carbons (Fsp3) is 0.286. The van der Waals surface area contributed by atoms with Crippen molar-refractivity contribution in [3.8, 4) is 0 Å². The van der Waals surface area contributed by atoms with E-state index >= 15 is 0 Å². The van der Waals surface area contributed by atoms with Gasteiger partial charge in [0.05, 0.1) is 5.69 Å². The van der Waals surface area contributed by atoms with E-state index in [-0.39, 0.29) is 0 Å². The number of nitrogens with zero attached hydrogens (tertiary/aromatic N) is 3. The second-order valence-electron chi connectivity index (χ2n) is 4.59. The lowest BCUT2D eigenvalue weighted by Gasteiger charge is -2.13. The molecule has 0 saturated carbocycles. The van der Waals surface area contributed by atoms with Gasteiger partial charge in [0.1, 0.15) is 5.82 Å². The van der Waals surface area contributed by atoms with Gasteiger partial charge < -0.3 is 4.98 Å². The van der Waals surface area contributed by atoms with Gasteiger partial charge >= 0.3 is 0 Å². The third-order valence-electron chi connectivity index (χ3n) is 3.13. The lowest BCUT2D eigenvalue weighted by Crippen LogP contribution is -2.11. The molecule has 0 aliphatic carbocycles. The molecule has 0 atom stereocenters. The molecule has 0 saturated heterocycles. The zero-order valence-electron chi connectivity index (χ0n) is 10.4. The van der Waals surface area contributed by atoms with Gasteiger partial charge in [-0.05, 0) is 19.1 Å². The van der Waals surface area contributed by atoms with Gasteiger partial charge in [0.15, 0.2) is 0 Å². The first-order valence-corrected chi connectivity index (χ1v) is 6.20. The standard InChI is InChI=1S/C14H16N4/c1-11-2-4-13(5-3-11)18-9-6-12(17-18)10-14-15-7-8-16-14/h2-5,7-8H,6,9-10H2,1H3,(H,15,16). The average Bonchev–Trinajstić information content (AvgIpc) is 3.02. The van der Waals surface area contributed by atoms with Gasteiger partial charge in [-0.2, -0.15) is 5.10 Å². The number of aromatic nitrogens is 2. The molecular weight excluding hydrogens is 224 g/mol. The molecule has 92 valence electrons. The zero-order valence-corrected chi connectivity index (χ0v) is 10.4. The molecule has 1 aromatic carbocycles. The highest BCUT2D eigenvalue weighted by Crippen LogP contribution is 2.20. The van der Waals surface area contributed by atoms with Gasteiger partial charge in [-0.1, -0.05) is 17.7 Å². The Hall–Kier alpha value is -2.10. The summed E-state index contributed by atoms with van der Waals surface area (Å²) in [5.74, 6) is 0.986.